The van der Waals surface area contributed by atoms with Gasteiger partial charge in [-0.1, -0.05) is 18.2 Å². The van der Waals surface area contributed by atoms with Crippen molar-refractivity contribution in [1.29, 1.82) is 0 Å². The van der Waals surface area contributed by atoms with Crippen molar-refractivity contribution in [2.45, 2.75) is 51.7 Å². The maximum atomic E-state index is 12.0. The first-order valence-corrected chi connectivity index (χ1v) is 8.60. The van der Waals surface area contributed by atoms with E-state index >= 15 is 0 Å². The van der Waals surface area contributed by atoms with Crippen molar-refractivity contribution in [3.8, 4) is 0 Å². The molecule has 1 aromatic rings. The number of Topliss-reactive ketones (excluding diaryl/α,β-unsaturated/α-hetero) is 1. The number of nitrogens with one attached hydrogen (secondary N) is 1. The molecule has 24 heavy (non-hydrogen) atoms. The van der Waals surface area contributed by atoms with Gasteiger partial charge in [-0.3, -0.25) is 4.79 Å². The van der Waals surface area contributed by atoms with Gasteiger partial charge in [0.15, 0.2) is 5.78 Å². The zero-order chi connectivity index (χ0) is 17.5. The van der Waals surface area contributed by atoms with Gasteiger partial charge in [-0.15, -0.1) is 0 Å². The van der Waals surface area contributed by atoms with Crippen LogP contribution in [0.3, 0.4) is 0 Å². The summed E-state index contributed by atoms with van der Waals surface area (Å²) in [4.78, 5) is 12.0. The minimum atomic E-state index is -0.383. The minimum absolute atomic E-state index is 0.242. The van der Waals surface area contributed by atoms with Gasteiger partial charge in [-0.05, 0) is 63.8 Å². The molecule has 0 aromatic heterocycles. The van der Waals surface area contributed by atoms with E-state index in [-0.39, 0.29) is 24.1 Å². The van der Waals surface area contributed by atoms with Crippen LogP contribution in [0.5, 0.6) is 0 Å². The van der Waals surface area contributed by atoms with E-state index in [1.165, 1.54) is 0 Å². The average Bonchev–Trinajstić information content (AvgIpc) is 2.96. The van der Waals surface area contributed by atoms with Crippen LogP contribution in [0.1, 0.15) is 55.6 Å². The molecule has 5 heteroatoms. The average molecular weight is 327 g/mol. The fourth-order valence-corrected chi connectivity index (χ4v) is 3.16. The first-order chi connectivity index (χ1) is 11.2. The molecule has 0 atom stereocenters. The molecule has 1 aliphatic heterocycles. The lowest BCUT2D eigenvalue weighted by atomic mass is 9.77. The highest BCUT2D eigenvalue weighted by molar-refractivity contribution is 6.55. The fraction of sp³-hybridized carbons (Fsp3) is 0.526. The van der Waals surface area contributed by atoms with Gasteiger partial charge < -0.3 is 14.6 Å². The summed E-state index contributed by atoms with van der Waals surface area (Å²) >= 11 is 0. The molecule has 1 N–H and O–H groups in total. The zero-order valence-electron chi connectivity index (χ0n) is 15.2. The monoisotopic (exact) mass is 327 g/mol. The van der Waals surface area contributed by atoms with Crippen molar-refractivity contribution in [2.75, 3.05) is 13.6 Å². The molecular weight excluding hydrogens is 301 g/mol. The van der Waals surface area contributed by atoms with E-state index in [9.17, 15) is 4.79 Å². The molecule has 4 nitrogen and oxygen atoms in total. The molecule has 0 saturated carbocycles. The van der Waals surface area contributed by atoms with Gasteiger partial charge in [-0.2, -0.15) is 0 Å². The van der Waals surface area contributed by atoms with Crippen LogP contribution < -0.4 is 5.32 Å². The van der Waals surface area contributed by atoms with E-state index in [4.69, 9.17) is 9.31 Å². The third-order valence-corrected chi connectivity index (χ3v) is 5.34. The molecule has 1 fully saturated rings. The highest BCUT2D eigenvalue weighted by Crippen LogP contribution is 2.38. The van der Waals surface area contributed by atoms with E-state index < -0.39 is 0 Å². The Morgan fingerprint density at radius 3 is 2.50 bits per heavy atom. The lowest BCUT2D eigenvalue weighted by Gasteiger charge is -2.32. The van der Waals surface area contributed by atoms with Crippen molar-refractivity contribution in [1.82, 2.24) is 5.32 Å². The molecule has 0 amide bonds. The van der Waals surface area contributed by atoms with Crippen LogP contribution in [0.25, 0.3) is 6.08 Å². The van der Waals surface area contributed by atoms with Crippen LogP contribution in [0.2, 0.25) is 0 Å². The Balaban J connectivity index is 1.91. The Kier molecular flexibility index (Phi) is 4.45. The van der Waals surface area contributed by atoms with Gasteiger partial charge >= 0.3 is 7.12 Å². The Morgan fingerprint density at radius 1 is 1.21 bits per heavy atom. The van der Waals surface area contributed by atoms with E-state index in [0.29, 0.717) is 13.0 Å². The standard InChI is InChI=1S/C19H26BNO3/c1-18(2)19(3,4)24-20(23-18)15(12-21-5)10-13-6-7-14-8-9-17(22)16(14)11-13/h6-7,10-11,21H,8-9,12H2,1-5H3. The van der Waals surface area contributed by atoms with Gasteiger partial charge in [0.1, 0.15) is 0 Å². The van der Waals surface area contributed by atoms with Crippen LogP contribution in [0.15, 0.2) is 23.7 Å². The Morgan fingerprint density at radius 2 is 1.88 bits per heavy atom. The molecule has 0 bridgehead atoms. The van der Waals surface area contributed by atoms with Crippen LogP contribution in [-0.2, 0) is 15.7 Å². The summed E-state index contributed by atoms with van der Waals surface area (Å²) in [6.45, 7) is 8.88. The van der Waals surface area contributed by atoms with Gasteiger partial charge in [-0.25, -0.2) is 0 Å². The SMILES string of the molecule is CNCC(=Cc1ccc2c(c1)C(=O)CC2)B1OC(C)(C)C(C)(C)O1. The largest absolute Gasteiger partial charge is 0.491 e. The summed E-state index contributed by atoms with van der Waals surface area (Å²) in [5.41, 5.74) is 3.34. The first-order valence-electron chi connectivity index (χ1n) is 8.60. The lowest BCUT2D eigenvalue weighted by molar-refractivity contribution is 0.00578. The molecule has 1 heterocycles. The summed E-state index contributed by atoms with van der Waals surface area (Å²) in [7, 11) is 1.53. The van der Waals surface area contributed by atoms with Crippen LogP contribution in [0.4, 0.5) is 0 Å². The molecule has 1 aliphatic carbocycles. The summed E-state index contributed by atoms with van der Waals surface area (Å²) in [5, 5.41) is 3.19. The molecule has 0 unspecified atom stereocenters. The van der Waals surface area contributed by atoms with E-state index in [0.717, 1.165) is 28.6 Å². The third kappa shape index (κ3) is 3.08. The summed E-state index contributed by atoms with van der Waals surface area (Å²) in [5.74, 6) is 0.242. The molecule has 0 spiro atoms. The predicted molar refractivity (Wildman–Crippen MR) is 97.1 cm³/mol. The maximum absolute atomic E-state index is 12.0. The number of carbonyl (C=O) groups excluding carboxylic acids is 1. The fourth-order valence-electron chi connectivity index (χ4n) is 3.16. The second kappa shape index (κ2) is 6.14. The number of rotatable bonds is 4. The molecule has 128 valence electrons. The number of ketones is 1. The van der Waals surface area contributed by atoms with Crippen molar-refractivity contribution in [3.05, 3.63) is 40.4 Å². The number of fused-ring (bicyclic) bond motifs is 1. The van der Waals surface area contributed by atoms with Crippen molar-refractivity contribution in [2.24, 2.45) is 0 Å². The Hall–Kier alpha value is -1.43. The number of benzene rings is 1. The van der Waals surface area contributed by atoms with E-state index in [2.05, 4.69) is 51.2 Å². The molecule has 1 saturated heterocycles. The highest BCUT2D eigenvalue weighted by atomic mass is 16.7. The third-order valence-electron chi connectivity index (χ3n) is 5.34. The quantitative estimate of drug-likeness (QED) is 0.864. The summed E-state index contributed by atoms with van der Waals surface area (Å²) in [6.07, 6.45) is 3.56. The topological polar surface area (TPSA) is 47.6 Å². The van der Waals surface area contributed by atoms with Crippen LogP contribution in [-0.4, -0.2) is 37.7 Å². The number of hydrogen-bond acceptors (Lipinski definition) is 4. The zero-order valence-corrected chi connectivity index (χ0v) is 15.2. The summed E-state index contributed by atoms with van der Waals surface area (Å²) in [6, 6.07) is 6.12. The normalized spacial score (nSPS) is 22.1. The first kappa shape index (κ1) is 17.4. The van der Waals surface area contributed by atoms with Gasteiger partial charge in [0.2, 0.25) is 0 Å². The van der Waals surface area contributed by atoms with Crippen LogP contribution in [0, 0.1) is 0 Å². The second-order valence-electron chi connectivity index (χ2n) is 7.68. The van der Waals surface area contributed by atoms with Gasteiger partial charge in [0.05, 0.1) is 11.2 Å². The Labute approximate surface area is 144 Å². The van der Waals surface area contributed by atoms with Gasteiger partial charge in [0, 0.05) is 18.5 Å². The smallest absolute Gasteiger partial charge is 0.400 e. The van der Waals surface area contributed by atoms with Crippen molar-refractivity contribution in [3.63, 3.8) is 0 Å². The number of aryl methyl sites for hydroxylation is 1. The second-order valence-corrected chi connectivity index (χ2v) is 7.68. The lowest BCUT2D eigenvalue weighted by Crippen LogP contribution is -2.41. The number of hydrogen-bond donors (Lipinski definition) is 1. The maximum Gasteiger partial charge on any atom is 0.491 e. The molecule has 0 radical (unpaired) electrons. The molecule has 2 aliphatic rings. The molecular formula is C19H26BNO3. The minimum Gasteiger partial charge on any atom is -0.400 e. The molecule has 3 rings (SSSR count). The number of carbonyl (C=O) groups is 1. The predicted octanol–water partition coefficient (Wildman–Crippen LogP) is 3.05. The summed E-state index contributed by atoms with van der Waals surface area (Å²) < 4.78 is 12.3. The van der Waals surface area contributed by atoms with Crippen molar-refractivity contribution < 1.29 is 14.1 Å². The van der Waals surface area contributed by atoms with Crippen molar-refractivity contribution >= 4 is 19.0 Å². The van der Waals surface area contributed by atoms with Crippen LogP contribution >= 0.6 is 0 Å². The number of likely N-dealkylation sites (N-methyl/N-ethyl adjacent to an activating group) is 1. The van der Waals surface area contributed by atoms with E-state index in [1.807, 2.05) is 13.1 Å². The van der Waals surface area contributed by atoms with E-state index in [1.54, 1.807) is 0 Å². The highest BCUT2D eigenvalue weighted by Gasteiger charge is 2.52. The molecule has 1 aromatic carbocycles. The Bertz CT molecular complexity index is 678. The van der Waals surface area contributed by atoms with Gasteiger partial charge in [0.25, 0.3) is 0 Å².